The van der Waals surface area contributed by atoms with Crippen molar-refractivity contribution < 1.29 is 19.5 Å². The summed E-state index contributed by atoms with van der Waals surface area (Å²) in [4.78, 5) is 50.3. The zero-order valence-corrected chi connectivity index (χ0v) is 25.0. The molecular weight excluding hydrogens is 532 g/mol. The highest BCUT2D eigenvalue weighted by Crippen LogP contribution is 2.34. The van der Waals surface area contributed by atoms with Crippen molar-refractivity contribution in [2.45, 2.75) is 60.5 Å². The minimum Gasteiger partial charge on any atom is -0.474 e. The third-order valence-electron chi connectivity index (χ3n) is 7.01. The van der Waals surface area contributed by atoms with E-state index in [1.54, 1.807) is 12.4 Å². The van der Waals surface area contributed by atoms with Gasteiger partial charge in [0.15, 0.2) is 0 Å². The maximum Gasteiger partial charge on any atom is 0.394 e. The molecule has 0 bridgehead atoms. The fourth-order valence-corrected chi connectivity index (χ4v) is 4.73. The normalized spacial score (nSPS) is 13.3. The third kappa shape index (κ3) is 6.94. The predicted molar refractivity (Wildman–Crippen MR) is 161 cm³/mol. The van der Waals surface area contributed by atoms with Gasteiger partial charge in [-0.25, -0.2) is 14.8 Å². The van der Waals surface area contributed by atoms with Gasteiger partial charge in [-0.3, -0.25) is 9.59 Å². The Morgan fingerprint density at radius 2 is 1.02 bits per heavy atom. The minimum atomic E-state index is -1.54. The van der Waals surface area contributed by atoms with Crippen molar-refractivity contribution in [2.75, 3.05) is 0 Å². The van der Waals surface area contributed by atoms with Crippen LogP contribution >= 0.6 is 0 Å². The molecule has 2 aromatic heterocycles. The summed E-state index contributed by atoms with van der Waals surface area (Å²) in [7, 11) is 0. The second-order valence-corrected chi connectivity index (χ2v) is 12.6. The second kappa shape index (κ2) is 11.6. The molecule has 0 saturated heterocycles. The highest BCUT2D eigenvalue weighted by atomic mass is 16.4. The van der Waals surface area contributed by atoms with Gasteiger partial charge in [0.05, 0.1) is 35.9 Å². The van der Waals surface area contributed by atoms with Crippen molar-refractivity contribution in [2.24, 2.45) is 10.8 Å². The van der Waals surface area contributed by atoms with E-state index in [0.29, 0.717) is 11.6 Å². The molecule has 10 heteroatoms. The fourth-order valence-electron chi connectivity index (χ4n) is 4.73. The van der Waals surface area contributed by atoms with E-state index in [1.165, 1.54) is 6.92 Å². The Morgan fingerprint density at radius 3 is 1.36 bits per heavy atom. The molecule has 0 aliphatic heterocycles. The maximum atomic E-state index is 11.9. The van der Waals surface area contributed by atoms with E-state index in [4.69, 9.17) is 5.11 Å². The Bertz CT molecular complexity index is 1570. The number of H-pyrrole nitrogens is 2. The van der Waals surface area contributed by atoms with Crippen molar-refractivity contribution in [1.82, 2.24) is 30.6 Å². The van der Waals surface area contributed by atoms with Gasteiger partial charge in [0.25, 0.3) is 0 Å². The number of aliphatic carboxylic acids is 1. The number of aromatic amines is 2. The minimum absolute atomic E-state index is 0.102. The second-order valence-electron chi connectivity index (χ2n) is 12.6. The first kappa shape index (κ1) is 30.2. The zero-order valence-electron chi connectivity index (χ0n) is 25.0. The molecule has 2 amide bonds. The van der Waals surface area contributed by atoms with Gasteiger partial charge in [-0.05, 0) is 33.1 Å². The van der Waals surface area contributed by atoms with Crippen LogP contribution in [0.5, 0.6) is 0 Å². The Morgan fingerprint density at radius 1 is 0.667 bits per heavy atom. The highest BCUT2D eigenvalue weighted by molar-refractivity contribution is 6.31. The number of carboxylic acid groups (broad SMARTS) is 1. The number of carboxylic acids is 1. The standard InChI is InChI=1S/C32H38N6O4/c1-18(39)35-25(31(2,3)4)27-33-16-23(36-27)21-12-8-19(9-13-21)20-10-14-22(15-11-20)24-17-34-28(37-24)26(32(5,6)7)38-29(40)30(41)42/h8-17,25-26H,1-7H3,(H,33,36)(H,34,37)(H,35,39)(H,38,40)(H,41,42). The van der Waals surface area contributed by atoms with E-state index in [-0.39, 0.29) is 17.4 Å². The summed E-state index contributed by atoms with van der Waals surface area (Å²) in [5.41, 5.74) is 4.93. The quantitative estimate of drug-likeness (QED) is 0.181. The first-order chi connectivity index (χ1) is 19.6. The van der Waals surface area contributed by atoms with Crippen molar-refractivity contribution >= 4 is 17.8 Å². The molecule has 0 saturated carbocycles. The number of amides is 2. The smallest absolute Gasteiger partial charge is 0.394 e. The van der Waals surface area contributed by atoms with Crippen LogP contribution in [0.15, 0.2) is 60.9 Å². The molecular formula is C32H38N6O4. The number of benzene rings is 2. The van der Waals surface area contributed by atoms with Crippen LogP contribution in [0.2, 0.25) is 0 Å². The summed E-state index contributed by atoms with van der Waals surface area (Å²) in [5.74, 6) is -1.51. The van der Waals surface area contributed by atoms with E-state index in [1.807, 2.05) is 69.3 Å². The lowest BCUT2D eigenvalue weighted by atomic mass is 9.86. The first-order valence-corrected chi connectivity index (χ1v) is 13.8. The van der Waals surface area contributed by atoms with Crippen LogP contribution in [0.25, 0.3) is 33.6 Å². The van der Waals surface area contributed by atoms with Crippen molar-refractivity contribution in [1.29, 1.82) is 0 Å². The molecule has 2 aromatic carbocycles. The van der Waals surface area contributed by atoms with Crippen molar-refractivity contribution in [3.63, 3.8) is 0 Å². The maximum absolute atomic E-state index is 11.9. The molecule has 4 aromatic rings. The van der Waals surface area contributed by atoms with Crippen molar-refractivity contribution in [3.8, 4) is 33.6 Å². The summed E-state index contributed by atoms with van der Waals surface area (Å²) in [6, 6.07) is 15.3. The van der Waals surface area contributed by atoms with Gasteiger partial charge in [0.1, 0.15) is 11.6 Å². The summed E-state index contributed by atoms with van der Waals surface area (Å²) < 4.78 is 0. The summed E-state index contributed by atoms with van der Waals surface area (Å²) >= 11 is 0. The number of imidazole rings is 2. The largest absolute Gasteiger partial charge is 0.474 e. The number of rotatable bonds is 7. The van der Waals surface area contributed by atoms with Gasteiger partial charge in [-0.2, -0.15) is 0 Å². The van der Waals surface area contributed by atoms with E-state index in [9.17, 15) is 14.4 Å². The molecule has 0 spiro atoms. The molecule has 2 atom stereocenters. The molecule has 42 heavy (non-hydrogen) atoms. The number of hydrogen-bond acceptors (Lipinski definition) is 5. The number of hydrogen-bond donors (Lipinski definition) is 5. The van der Waals surface area contributed by atoms with Gasteiger partial charge in [-0.15, -0.1) is 0 Å². The van der Waals surface area contributed by atoms with E-state index < -0.39 is 23.3 Å². The van der Waals surface area contributed by atoms with E-state index in [0.717, 1.165) is 33.6 Å². The monoisotopic (exact) mass is 570 g/mol. The topological polar surface area (TPSA) is 153 Å². The Kier molecular flexibility index (Phi) is 8.38. The average molecular weight is 571 g/mol. The van der Waals surface area contributed by atoms with Crippen LogP contribution in [-0.4, -0.2) is 42.8 Å². The van der Waals surface area contributed by atoms with Crippen LogP contribution in [0.3, 0.4) is 0 Å². The predicted octanol–water partition coefficient (Wildman–Crippen LogP) is 5.65. The molecule has 0 fully saturated rings. The summed E-state index contributed by atoms with van der Waals surface area (Å²) in [6.45, 7) is 13.4. The first-order valence-electron chi connectivity index (χ1n) is 13.8. The van der Waals surface area contributed by atoms with Gasteiger partial charge < -0.3 is 25.7 Å². The van der Waals surface area contributed by atoms with Gasteiger partial charge in [-0.1, -0.05) is 90.1 Å². The third-order valence-corrected chi connectivity index (χ3v) is 7.01. The van der Waals surface area contributed by atoms with Crippen LogP contribution in [0, 0.1) is 10.8 Å². The molecule has 2 heterocycles. The molecule has 0 aliphatic carbocycles. The Labute approximate surface area is 245 Å². The lowest BCUT2D eigenvalue weighted by Crippen LogP contribution is -2.40. The van der Waals surface area contributed by atoms with Crippen LogP contribution in [0.4, 0.5) is 0 Å². The molecule has 10 nitrogen and oxygen atoms in total. The SMILES string of the molecule is CC(=O)NC(c1ncc(-c2ccc(-c3ccc(-c4cnc(C(NC(=O)C(=O)O)C(C)(C)C)[nH]4)cc3)cc2)[nH]1)C(C)(C)C. The molecule has 0 radical (unpaired) electrons. The zero-order chi connectivity index (χ0) is 30.8. The van der Waals surface area contributed by atoms with Crippen molar-refractivity contribution in [3.05, 3.63) is 72.6 Å². The van der Waals surface area contributed by atoms with Gasteiger partial charge >= 0.3 is 11.9 Å². The molecule has 0 aliphatic rings. The summed E-state index contributed by atoms with van der Waals surface area (Å²) in [5, 5.41) is 14.6. The molecule has 220 valence electrons. The lowest BCUT2D eigenvalue weighted by Gasteiger charge is -2.29. The van der Waals surface area contributed by atoms with Crippen LogP contribution < -0.4 is 10.6 Å². The number of carbonyl (C=O) groups excluding carboxylic acids is 2. The average Bonchev–Trinajstić information content (AvgIpc) is 3.59. The molecule has 4 rings (SSSR count). The molecule has 5 N–H and O–H groups in total. The number of nitrogens with zero attached hydrogens (tertiary/aromatic N) is 2. The number of aromatic nitrogens is 4. The van der Waals surface area contributed by atoms with Crippen LogP contribution in [-0.2, 0) is 14.4 Å². The summed E-state index contributed by atoms with van der Waals surface area (Å²) in [6.07, 6.45) is 3.47. The van der Waals surface area contributed by atoms with Crippen LogP contribution in [0.1, 0.15) is 72.2 Å². The van der Waals surface area contributed by atoms with Gasteiger partial charge in [0.2, 0.25) is 5.91 Å². The molecule has 2 unspecified atom stereocenters. The van der Waals surface area contributed by atoms with Gasteiger partial charge in [0, 0.05) is 6.92 Å². The Balaban J connectivity index is 1.50. The lowest BCUT2D eigenvalue weighted by molar-refractivity contribution is -0.151. The highest BCUT2D eigenvalue weighted by Gasteiger charge is 2.32. The number of carbonyl (C=O) groups is 3. The fraction of sp³-hybridized carbons (Fsp3) is 0.344. The van der Waals surface area contributed by atoms with E-state index >= 15 is 0 Å². The Hall–Kier alpha value is -4.73. The number of nitrogens with one attached hydrogen (secondary N) is 4. The van der Waals surface area contributed by atoms with E-state index in [2.05, 4.69) is 51.3 Å².